The summed E-state index contributed by atoms with van der Waals surface area (Å²) in [6.45, 7) is -0.0108. The normalized spacial score (nSPS) is 12.3. The summed E-state index contributed by atoms with van der Waals surface area (Å²) in [7, 11) is 0. The summed E-state index contributed by atoms with van der Waals surface area (Å²) in [4.78, 5) is 46.9. The highest BCUT2D eigenvalue weighted by molar-refractivity contribution is 5.91. The van der Waals surface area contributed by atoms with Gasteiger partial charge >= 0.3 is 18.0 Å². The van der Waals surface area contributed by atoms with Crippen LogP contribution >= 0.6 is 0 Å². The largest absolute Gasteiger partial charge is 0.481 e. The van der Waals surface area contributed by atoms with E-state index < -0.39 is 42.4 Å². The van der Waals surface area contributed by atoms with E-state index in [0.717, 1.165) is 5.56 Å². The number of carbonyl (C=O) groups excluding carboxylic acids is 2. The molecule has 2 rings (SSSR count). The second-order valence-corrected chi connectivity index (χ2v) is 6.45. The summed E-state index contributed by atoms with van der Waals surface area (Å²) in [5.74, 6) is -3.70. The number of alkyl carbamates (subject to hydrolysis) is 1. The molecule has 2 atom stereocenters. The van der Waals surface area contributed by atoms with Crippen LogP contribution in [0.25, 0.3) is 0 Å². The molecule has 4 N–H and O–H groups in total. The van der Waals surface area contributed by atoms with Crippen molar-refractivity contribution in [3.63, 3.8) is 0 Å². The molecule has 9 nitrogen and oxygen atoms in total. The van der Waals surface area contributed by atoms with E-state index in [4.69, 9.17) is 14.9 Å². The van der Waals surface area contributed by atoms with Gasteiger partial charge in [0.25, 0.3) is 0 Å². The fraction of sp³-hybridized carbons (Fsp3) is 0.238. The van der Waals surface area contributed by atoms with Crippen molar-refractivity contribution >= 4 is 23.9 Å². The van der Waals surface area contributed by atoms with Crippen LogP contribution in [0.15, 0.2) is 60.7 Å². The number of hydrogen-bond donors (Lipinski definition) is 4. The monoisotopic (exact) mass is 414 g/mol. The number of carbonyl (C=O) groups is 4. The lowest BCUT2D eigenvalue weighted by molar-refractivity contribution is -0.147. The van der Waals surface area contributed by atoms with E-state index in [1.807, 2.05) is 6.07 Å². The molecule has 0 heterocycles. The highest BCUT2D eigenvalue weighted by Crippen LogP contribution is 2.06. The number of ether oxygens (including phenoxy) is 1. The van der Waals surface area contributed by atoms with Crippen LogP contribution in [0.1, 0.15) is 17.5 Å². The SMILES string of the molecule is O=C(O)CC(NC(=O)[C@H](Cc1ccccc1)NC(=O)OCc1ccccc1)C(=O)O. The predicted octanol–water partition coefficient (Wildman–Crippen LogP) is 1.57. The van der Waals surface area contributed by atoms with Crippen LogP contribution in [0.2, 0.25) is 0 Å². The van der Waals surface area contributed by atoms with Crippen LogP contribution in [0.4, 0.5) is 4.79 Å². The van der Waals surface area contributed by atoms with Crippen molar-refractivity contribution in [1.82, 2.24) is 10.6 Å². The lowest BCUT2D eigenvalue weighted by atomic mass is 10.0. The van der Waals surface area contributed by atoms with Gasteiger partial charge in [-0.25, -0.2) is 9.59 Å². The predicted molar refractivity (Wildman–Crippen MR) is 106 cm³/mol. The van der Waals surface area contributed by atoms with Crippen LogP contribution in [0.5, 0.6) is 0 Å². The molecule has 30 heavy (non-hydrogen) atoms. The highest BCUT2D eigenvalue weighted by Gasteiger charge is 2.28. The smallest absolute Gasteiger partial charge is 0.408 e. The van der Waals surface area contributed by atoms with E-state index in [9.17, 15) is 19.2 Å². The van der Waals surface area contributed by atoms with E-state index in [1.165, 1.54) is 0 Å². The van der Waals surface area contributed by atoms with Crippen LogP contribution in [-0.4, -0.2) is 46.2 Å². The molecule has 0 aliphatic heterocycles. The third kappa shape index (κ3) is 7.63. The Labute approximate surface area is 172 Å². The minimum atomic E-state index is -1.63. The minimum absolute atomic E-state index is 0.0108. The molecule has 0 bridgehead atoms. The maximum atomic E-state index is 12.6. The molecule has 0 saturated carbocycles. The van der Waals surface area contributed by atoms with Gasteiger partial charge in [0.1, 0.15) is 18.7 Å². The summed E-state index contributed by atoms with van der Waals surface area (Å²) in [5.41, 5.74) is 1.47. The molecule has 9 heteroatoms. The molecule has 0 aliphatic rings. The minimum Gasteiger partial charge on any atom is -0.481 e. The number of carboxylic acid groups (broad SMARTS) is 2. The Bertz CT molecular complexity index is 871. The Balaban J connectivity index is 2.06. The molecule has 2 aromatic carbocycles. The van der Waals surface area contributed by atoms with Crippen LogP contribution in [0, 0.1) is 0 Å². The number of rotatable bonds is 10. The maximum Gasteiger partial charge on any atom is 0.408 e. The quantitative estimate of drug-likeness (QED) is 0.462. The number of amides is 2. The third-order valence-corrected chi connectivity index (χ3v) is 4.10. The summed E-state index contributed by atoms with van der Waals surface area (Å²) >= 11 is 0. The van der Waals surface area contributed by atoms with Gasteiger partial charge in [-0.15, -0.1) is 0 Å². The Morgan fingerprint density at radius 2 is 1.37 bits per heavy atom. The molecule has 0 spiro atoms. The first-order valence-corrected chi connectivity index (χ1v) is 9.11. The van der Waals surface area contributed by atoms with Gasteiger partial charge in [0.05, 0.1) is 6.42 Å². The van der Waals surface area contributed by atoms with Crippen molar-refractivity contribution < 1.29 is 34.1 Å². The molecule has 0 fully saturated rings. The first kappa shape index (κ1) is 22.4. The Hall–Kier alpha value is -3.88. The first-order valence-electron chi connectivity index (χ1n) is 9.11. The van der Waals surface area contributed by atoms with Crippen molar-refractivity contribution in [1.29, 1.82) is 0 Å². The van der Waals surface area contributed by atoms with E-state index in [2.05, 4.69) is 10.6 Å². The fourth-order valence-corrected chi connectivity index (χ4v) is 2.61. The van der Waals surface area contributed by atoms with Crippen molar-refractivity contribution in [2.45, 2.75) is 31.5 Å². The average Bonchev–Trinajstić information content (AvgIpc) is 2.72. The average molecular weight is 414 g/mol. The van der Waals surface area contributed by atoms with Gasteiger partial charge < -0.3 is 25.6 Å². The van der Waals surface area contributed by atoms with Gasteiger partial charge in [0.15, 0.2) is 0 Å². The standard InChI is InChI=1S/C21H22N2O7/c24-18(25)12-17(20(27)28)22-19(26)16(11-14-7-3-1-4-8-14)23-21(29)30-13-15-9-5-2-6-10-15/h1-10,16-17H,11-13H2,(H,22,26)(H,23,29)(H,24,25)(H,27,28)/t16-,17?/m0/s1. The van der Waals surface area contributed by atoms with E-state index in [-0.39, 0.29) is 13.0 Å². The van der Waals surface area contributed by atoms with Gasteiger partial charge in [-0.2, -0.15) is 0 Å². The zero-order valence-corrected chi connectivity index (χ0v) is 16.0. The van der Waals surface area contributed by atoms with Crippen molar-refractivity contribution in [3.05, 3.63) is 71.8 Å². The maximum absolute atomic E-state index is 12.6. The number of carboxylic acids is 2. The first-order chi connectivity index (χ1) is 14.3. The molecular formula is C21H22N2O7. The number of benzene rings is 2. The van der Waals surface area contributed by atoms with Crippen molar-refractivity contribution in [2.75, 3.05) is 0 Å². The van der Waals surface area contributed by atoms with Crippen LogP contribution < -0.4 is 10.6 Å². The molecule has 0 aromatic heterocycles. The van der Waals surface area contributed by atoms with Gasteiger partial charge in [0, 0.05) is 6.42 Å². The Kier molecular flexibility index (Phi) is 8.37. The molecule has 2 aromatic rings. The van der Waals surface area contributed by atoms with Crippen molar-refractivity contribution in [2.24, 2.45) is 0 Å². The van der Waals surface area contributed by atoms with Gasteiger partial charge in [-0.05, 0) is 11.1 Å². The zero-order valence-electron chi connectivity index (χ0n) is 16.0. The van der Waals surface area contributed by atoms with E-state index in [0.29, 0.717) is 5.56 Å². The fourth-order valence-electron chi connectivity index (χ4n) is 2.61. The lowest BCUT2D eigenvalue weighted by Crippen LogP contribution is -2.53. The van der Waals surface area contributed by atoms with Crippen LogP contribution in [0.3, 0.4) is 0 Å². The molecule has 1 unspecified atom stereocenters. The number of nitrogens with one attached hydrogen (secondary N) is 2. The Morgan fingerprint density at radius 3 is 1.90 bits per heavy atom. The van der Waals surface area contributed by atoms with Gasteiger partial charge in [-0.3, -0.25) is 9.59 Å². The number of hydrogen-bond acceptors (Lipinski definition) is 5. The van der Waals surface area contributed by atoms with E-state index in [1.54, 1.807) is 54.6 Å². The second kappa shape index (κ2) is 11.2. The summed E-state index contributed by atoms with van der Waals surface area (Å²) in [6, 6.07) is 14.9. The Morgan fingerprint density at radius 1 is 0.800 bits per heavy atom. The van der Waals surface area contributed by atoms with Gasteiger partial charge in [-0.1, -0.05) is 60.7 Å². The summed E-state index contributed by atoms with van der Waals surface area (Å²) < 4.78 is 5.12. The molecule has 0 aliphatic carbocycles. The highest BCUT2D eigenvalue weighted by atomic mass is 16.5. The number of aliphatic carboxylic acids is 2. The lowest BCUT2D eigenvalue weighted by Gasteiger charge is -2.21. The molecular weight excluding hydrogens is 392 g/mol. The molecule has 158 valence electrons. The molecule has 0 saturated heterocycles. The third-order valence-electron chi connectivity index (χ3n) is 4.10. The second-order valence-electron chi connectivity index (χ2n) is 6.45. The van der Waals surface area contributed by atoms with Gasteiger partial charge in [0.2, 0.25) is 5.91 Å². The van der Waals surface area contributed by atoms with Crippen LogP contribution in [-0.2, 0) is 32.1 Å². The molecule has 0 radical (unpaired) electrons. The topological polar surface area (TPSA) is 142 Å². The zero-order chi connectivity index (χ0) is 21.9. The molecule has 2 amide bonds. The summed E-state index contributed by atoms with van der Waals surface area (Å²) in [5, 5.41) is 22.6. The summed E-state index contributed by atoms with van der Waals surface area (Å²) in [6.07, 6.45) is -1.59. The van der Waals surface area contributed by atoms with Crippen molar-refractivity contribution in [3.8, 4) is 0 Å². The van der Waals surface area contributed by atoms with E-state index >= 15 is 0 Å².